The van der Waals surface area contributed by atoms with Gasteiger partial charge in [-0.3, -0.25) is 41.8 Å². The minimum atomic E-state index is -3.58. The number of carbonyl (C=O) groups excluding carboxylic acids is 3. The Morgan fingerprint density at radius 1 is 0.458 bits per heavy atom. The van der Waals surface area contributed by atoms with E-state index in [0.717, 1.165) is 50.8 Å². The highest BCUT2D eigenvalue weighted by molar-refractivity contribution is 8.56. The van der Waals surface area contributed by atoms with Crippen LogP contribution in [0.5, 0.6) is 17.6 Å². The first kappa shape index (κ1) is 89.4. The maximum atomic E-state index is 13.5. The van der Waals surface area contributed by atoms with Crippen molar-refractivity contribution in [2.45, 2.75) is 169 Å². The summed E-state index contributed by atoms with van der Waals surface area (Å²) in [5.74, 6) is -0.237. The summed E-state index contributed by atoms with van der Waals surface area (Å²) < 4.78 is 112. The van der Waals surface area contributed by atoms with Crippen molar-refractivity contribution in [1.29, 1.82) is 0 Å². The van der Waals surface area contributed by atoms with Crippen molar-refractivity contribution in [2.75, 3.05) is 75.6 Å². The van der Waals surface area contributed by atoms with Gasteiger partial charge in [0, 0.05) is 17.3 Å². The summed E-state index contributed by atoms with van der Waals surface area (Å²) in [7, 11) is 4.23. The molecule has 6 aliphatic heterocycles. The zero-order chi connectivity index (χ0) is 86.0. The number of nitrogens with one attached hydrogen (secondary N) is 3. The number of benzene rings is 3. The fourth-order valence-electron chi connectivity index (χ4n) is 13.9. The van der Waals surface area contributed by atoms with Crippen LogP contribution in [0.15, 0.2) is 110 Å². The normalized spacial score (nSPS) is 31.2. The number of nitrogen functional groups attached to an aromatic ring is 3. The van der Waals surface area contributed by atoms with E-state index in [1.54, 1.807) is 20.8 Å². The molecule has 0 radical (unpaired) electrons. The van der Waals surface area contributed by atoms with Crippen LogP contribution in [0, 0.1) is 0 Å². The number of hydrogen-bond acceptors (Lipinski definition) is 39. The van der Waals surface area contributed by atoms with E-state index in [2.05, 4.69) is 60.1 Å². The number of aliphatic hydroxyl groups is 6. The monoisotopic (exact) mass is 1780 g/mol. The van der Waals surface area contributed by atoms with E-state index in [0.29, 0.717) is 36.5 Å². The van der Waals surface area contributed by atoms with Gasteiger partial charge in [0.15, 0.2) is 52.2 Å². The SMILES string of the molecule is COc1nc(N)nc2c1ncn2[C@@H]1OC(COP2(=O)NC(C(=O)OC(C)c3ccccc3)CCS2)[C@@H](O)[C@@]1(C)O.COc1nc(N)nc2c1ncn2[C@@H]1OC(COP2(=O)NC(C(=O)O[C@H](C)c3ccccc3)CCS2)[C@@H](O)[C@@]1(C)O.COc1nc(N)nc2c1ncn2[C@@H]1OC(CO[P@@]2(=O)NC(C(=O)O[C@H](C)c3ccccc3)CCS2)[C@@H](O)[C@@]1(C)O. The number of aliphatic hydroxyl groups excluding tert-OH is 3. The second-order valence-electron chi connectivity index (χ2n) is 29.1. The van der Waals surface area contributed by atoms with Crippen molar-refractivity contribution in [3.05, 3.63) is 127 Å². The number of carbonyl (C=O) groups is 3. The highest BCUT2D eigenvalue weighted by Gasteiger charge is 2.58. The summed E-state index contributed by atoms with van der Waals surface area (Å²) in [5, 5.41) is 74.6. The summed E-state index contributed by atoms with van der Waals surface area (Å²) in [6.45, 7) is -2.24. The molecule has 3 aromatic carbocycles. The quantitative estimate of drug-likeness (QED) is 0.0192. The lowest BCUT2D eigenvalue weighted by Gasteiger charge is -2.30. The van der Waals surface area contributed by atoms with E-state index in [1.165, 1.54) is 74.8 Å². The number of rotatable bonds is 24. The molecule has 21 atom stereocenters. The van der Waals surface area contributed by atoms with Crippen LogP contribution in [0.25, 0.3) is 33.5 Å². The Bertz CT molecular complexity index is 4780. The Morgan fingerprint density at radius 3 is 0.950 bits per heavy atom. The summed E-state index contributed by atoms with van der Waals surface area (Å²) in [4.78, 5) is 75.7. The van der Waals surface area contributed by atoms with Crippen LogP contribution >= 0.6 is 54.3 Å². The van der Waals surface area contributed by atoms with Crippen LogP contribution in [0.1, 0.15) is 114 Å². The van der Waals surface area contributed by atoms with Gasteiger partial charge in [-0.15, -0.1) is 0 Å². The van der Waals surface area contributed by atoms with Crippen molar-refractivity contribution in [3.63, 3.8) is 0 Å². The average molecular weight is 1780 g/mol. The Kier molecular flexibility index (Phi) is 27.6. The van der Waals surface area contributed by atoms with Crippen LogP contribution in [0.3, 0.4) is 0 Å². The van der Waals surface area contributed by atoms with Gasteiger partial charge in [-0.1, -0.05) is 125 Å². The Hall–Kier alpha value is -8.34. The van der Waals surface area contributed by atoms with E-state index in [-0.39, 0.29) is 88.8 Å². The molecule has 6 aliphatic rings. The molecule has 0 spiro atoms. The van der Waals surface area contributed by atoms with Gasteiger partial charge in [0.05, 0.1) is 60.1 Å². The number of esters is 3. The summed E-state index contributed by atoms with van der Waals surface area (Å²) in [5.41, 5.74) is 16.0. The van der Waals surface area contributed by atoms with Gasteiger partial charge in [-0.25, -0.2) is 30.2 Å². The summed E-state index contributed by atoms with van der Waals surface area (Å²) >= 11 is 3.14. The van der Waals surface area contributed by atoms with Crippen molar-refractivity contribution < 1.29 is 115 Å². The molecule has 6 fully saturated rings. The van der Waals surface area contributed by atoms with Gasteiger partial charge < -0.3 is 104 Å². The third-order valence-electron chi connectivity index (χ3n) is 20.5. The zero-order valence-electron chi connectivity index (χ0n) is 66.1. The van der Waals surface area contributed by atoms with E-state index < -0.39 is 147 Å². The van der Waals surface area contributed by atoms with Crippen molar-refractivity contribution in [1.82, 2.24) is 73.8 Å². The number of aromatic nitrogens is 12. The van der Waals surface area contributed by atoms with E-state index in [4.69, 9.17) is 73.4 Å². The molecule has 120 heavy (non-hydrogen) atoms. The molecule has 0 amide bonds. The number of nitrogens with zero attached hydrogens (tertiary/aromatic N) is 12. The van der Waals surface area contributed by atoms with Gasteiger partial charge in [0.25, 0.3) is 0 Å². The molecule has 6 saturated heterocycles. The zero-order valence-corrected chi connectivity index (χ0v) is 71.2. The topological polar surface area (TPSA) is 580 Å². The van der Waals surface area contributed by atoms with E-state index >= 15 is 0 Å². The minimum Gasteiger partial charge on any atom is -0.479 e. The highest BCUT2D eigenvalue weighted by atomic mass is 32.7. The largest absolute Gasteiger partial charge is 0.479 e. The Morgan fingerprint density at radius 2 is 0.708 bits per heavy atom. The van der Waals surface area contributed by atoms with E-state index in [9.17, 15) is 58.7 Å². The van der Waals surface area contributed by atoms with E-state index in [1.807, 2.05) is 91.0 Å². The average Bonchev–Trinajstić information content (AvgIpc) is 1.60. The molecule has 6 aromatic heterocycles. The molecule has 48 heteroatoms. The Balaban J connectivity index is 0.000000156. The van der Waals surface area contributed by atoms with Crippen LogP contribution in [0.4, 0.5) is 17.8 Å². The van der Waals surface area contributed by atoms with Crippen LogP contribution < -0.4 is 46.7 Å². The van der Waals surface area contributed by atoms with Gasteiger partial charge in [0.2, 0.25) is 35.5 Å². The first-order chi connectivity index (χ1) is 57.1. The number of fused-ring (bicyclic) bond motifs is 3. The number of anilines is 3. The predicted molar refractivity (Wildman–Crippen MR) is 436 cm³/mol. The molecule has 15 N–H and O–H groups in total. The molecule has 15 rings (SSSR count). The molecule has 0 saturated carbocycles. The Labute approximate surface area is 697 Å². The molecule has 0 bridgehead atoms. The van der Waals surface area contributed by atoms with Gasteiger partial charge >= 0.3 is 38.1 Å². The maximum absolute atomic E-state index is 13.5. The van der Waals surface area contributed by atoms with Crippen LogP contribution in [-0.2, 0) is 70.1 Å². The highest BCUT2D eigenvalue weighted by Crippen LogP contribution is 2.62. The lowest BCUT2D eigenvalue weighted by atomic mass is 9.96. The van der Waals surface area contributed by atoms with Crippen molar-refractivity contribution in [2.24, 2.45) is 0 Å². The molecule has 12 heterocycles. The van der Waals surface area contributed by atoms with Crippen LogP contribution in [0.2, 0.25) is 0 Å². The molecule has 42 nitrogen and oxygen atoms in total. The summed E-state index contributed by atoms with van der Waals surface area (Å²) in [6, 6.07) is 25.4. The van der Waals surface area contributed by atoms with Gasteiger partial charge in [-0.2, -0.15) is 29.9 Å². The lowest BCUT2D eigenvalue weighted by molar-refractivity contribution is -0.151. The smallest absolute Gasteiger partial charge is 0.327 e. The first-order valence-electron chi connectivity index (χ1n) is 37.6. The number of methoxy groups -OCH3 is 3. The predicted octanol–water partition coefficient (Wildman–Crippen LogP) is 5.85. The molecule has 9 aromatic rings. The number of ether oxygens (including phenoxy) is 9. The standard InChI is InChI=1S/3C24H31N6O8PS/c3*1-13(14-7-5-4-6-8-14)37-21(32)15-9-10-40-39(34,29-15)36-11-16-18(31)24(2,33)22(38-16)30-12-26-17-19(30)27-23(25)28-20(17)35-3/h3*4-8,12-13,15-16,18,22,31,33H,9-11H2,1-3H3,(H,29,34)(H2,25,27,28)/t13?,15?,16?,18-,22-,24-,39?;13-,15?,16?,18-,22-,24-,39?;13-,15?,16?,18-,22-,24-,39+/m111/s1. The second-order valence-corrected chi connectivity index (χ2v) is 42.3. The van der Waals surface area contributed by atoms with Crippen molar-refractivity contribution in [3.8, 4) is 17.6 Å². The molecule has 9 unspecified atom stereocenters. The lowest BCUT2D eigenvalue weighted by Crippen LogP contribution is -2.44. The van der Waals surface area contributed by atoms with Crippen LogP contribution in [-0.4, -0.2) is 237 Å². The minimum absolute atomic E-state index is 0.0751. The number of nitrogens with two attached hydrogens (primary N) is 3. The first-order valence-corrected chi connectivity index (χ1v) is 47.3. The third kappa shape index (κ3) is 19.4. The molecule has 648 valence electrons. The fraction of sp³-hybridized carbons (Fsp3) is 0.500. The fourth-order valence-corrected chi connectivity index (χ4v) is 25.4. The van der Waals surface area contributed by atoms with Gasteiger partial charge in [0.1, 0.15) is 89.9 Å². The van der Waals surface area contributed by atoms with Gasteiger partial charge in [-0.05, 0) is 77.5 Å². The number of hydrogen-bond donors (Lipinski definition) is 12. The third-order valence-corrected chi connectivity index (χ3v) is 32.8. The maximum Gasteiger partial charge on any atom is 0.327 e. The molecular weight excluding hydrogens is 1690 g/mol. The summed E-state index contributed by atoms with van der Waals surface area (Å²) in [6.07, 6.45) is -7.06. The number of imidazole rings is 3. The molecule has 0 aliphatic carbocycles. The molecular formula is C72H93N18O24P3S3. The second kappa shape index (κ2) is 37.0. The van der Waals surface area contributed by atoms with Crippen molar-refractivity contribution >= 4 is 124 Å².